The molecule has 0 radical (unpaired) electrons. The SMILES string of the molecule is CCOC(=O)N1CCN(CC(O)COc2cccc(C)c2C)CC1.Cl. The number of benzene rings is 1. The van der Waals surface area contributed by atoms with E-state index in [1.807, 2.05) is 32.0 Å². The predicted molar refractivity (Wildman–Crippen MR) is 99.7 cm³/mol. The van der Waals surface area contributed by atoms with Gasteiger partial charge < -0.3 is 19.5 Å². The lowest BCUT2D eigenvalue weighted by molar-refractivity contribution is 0.0406. The van der Waals surface area contributed by atoms with Gasteiger partial charge in [-0.25, -0.2) is 4.79 Å². The number of carbonyl (C=O) groups is 1. The summed E-state index contributed by atoms with van der Waals surface area (Å²) >= 11 is 0. The van der Waals surface area contributed by atoms with Crippen molar-refractivity contribution < 1.29 is 19.4 Å². The minimum atomic E-state index is -0.556. The first-order valence-electron chi connectivity index (χ1n) is 8.52. The Morgan fingerprint density at radius 1 is 1.24 bits per heavy atom. The number of amides is 1. The van der Waals surface area contributed by atoms with Crippen molar-refractivity contribution in [3.8, 4) is 5.75 Å². The second kappa shape index (κ2) is 10.5. The van der Waals surface area contributed by atoms with E-state index in [9.17, 15) is 9.90 Å². The Kier molecular flexibility index (Phi) is 9.03. The molecule has 1 saturated heterocycles. The largest absolute Gasteiger partial charge is 0.491 e. The number of hydrogen-bond acceptors (Lipinski definition) is 5. The summed E-state index contributed by atoms with van der Waals surface area (Å²) in [6.07, 6.45) is -0.810. The number of aliphatic hydroxyl groups excluding tert-OH is 1. The minimum absolute atomic E-state index is 0. The molecule has 1 aromatic rings. The van der Waals surface area contributed by atoms with Crippen LogP contribution in [0.15, 0.2) is 18.2 Å². The summed E-state index contributed by atoms with van der Waals surface area (Å²) in [6.45, 7) is 9.80. The van der Waals surface area contributed by atoms with Crippen LogP contribution in [0.2, 0.25) is 0 Å². The topological polar surface area (TPSA) is 62.2 Å². The van der Waals surface area contributed by atoms with Gasteiger partial charge in [0.1, 0.15) is 18.5 Å². The van der Waals surface area contributed by atoms with Crippen molar-refractivity contribution in [1.82, 2.24) is 9.80 Å². The summed E-state index contributed by atoms with van der Waals surface area (Å²) in [5, 5.41) is 10.2. The maximum atomic E-state index is 11.7. The molecule has 1 aromatic carbocycles. The lowest BCUT2D eigenvalue weighted by atomic mass is 10.1. The van der Waals surface area contributed by atoms with Crippen LogP contribution in [-0.2, 0) is 4.74 Å². The summed E-state index contributed by atoms with van der Waals surface area (Å²) in [6, 6.07) is 5.92. The lowest BCUT2D eigenvalue weighted by Crippen LogP contribution is -2.51. The Labute approximate surface area is 156 Å². The van der Waals surface area contributed by atoms with Gasteiger partial charge >= 0.3 is 6.09 Å². The smallest absolute Gasteiger partial charge is 0.409 e. The summed E-state index contributed by atoms with van der Waals surface area (Å²) in [5.74, 6) is 0.821. The number of rotatable bonds is 6. The number of β-amino-alcohol motifs (C(OH)–C–C–N with tert-alkyl or cyclic N) is 1. The Morgan fingerprint density at radius 3 is 2.56 bits per heavy atom. The molecule has 1 N–H and O–H groups in total. The number of aryl methyl sites for hydroxylation is 1. The van der Waals surface area contributed by atoms with Crippen LogP contribution in [0.1, 0.15) is 18.1 Å². The standard InChI is InChI=1S/C18H28N2O4.ClH/c1-4-23-18(22)20-10-8-19(9-11-20)12-16(21)13-24-17-7-5-6-14(2)15(17)3;/h5-7,16,21H,4,8-13H2,1-3H3;1H. The van der Waals surface area contributed by atoms with Gasteiger partial charge in [0.2, 0.25) is 0 Å². The first kappa shape index (κ1) is 21.5. The predicted octanol–water partition coefficient (Wildman–Crippen LogP) is 2.24. The summed E-state index contributed by atoms with van der Waals surface area (Å²) in [7, 11) is 0. The molecule has 1 atom stereocenters. The number of hydrogen-bond donors (Lipinski definition) is 1. The Balaban J connectivity index is 0.00000312. The third kappa shape index (κ3) is 6.38. The van der Waals surface area contributed by atoms with Gasteiger partial charge in [0.15, 0.2) is 0 Å². The van der Waals surface area contributed by atoms with Crippen LogP contribution in [0.3, 0.4) is 0 Å². The highest BCUT2D eigenvalue weighted by atomic mass is 35.5. The fraction of sp³-hybridized carbons (Fsp3) is 0.611. The fourth-order valence-corrected chi connectivity index (χ4v) is 2.75. The monoisotopic (exact) mass is 372 g/mol. The van der Waals surface area contributed by atoms with Crippen LogP contribution < -0.4 is 4.74 Å². The second-order valence-electron chi connectivity index (χ2n) is 6.15. The summed E-state index contributed by atoms with van der Waals surface area (Å²) < 4.78 is 10.8. The molecule has 1 amide bonds. The van der Waals surface area contributed by atoms with Crippen molar-refractivity contribution in [1.29, 1.82) is 0 Å². The maximum Gasteiger partial charge on any atom is 0.409 e. The van der Waals surface area contributed by atoms with Crippen molar-refractivity contribution in [3.63, 3.8) is 0 Å². The van der Waals surface area contributed by atoms with Crippen LogP contribution >= 0.6 is 12.4 Å². The Hall–Kier alpha value is -1.50. The van der Waals surface area contributed by atoms with Gasteiger partial charge in [0.05, 0.1) is 6.61 Å². The normalized spacial score (nSPS) is 16.1. The zero-order valence-electron chi connectivity index (χ0n) is 15.2. The van der Waals surface area contributed by atoms with Crippen LogP contribution in [-0.4, -0.2) is 73.0 Å². The molecular formula is C18H29ClN2O4. The van der Waals surface area contributed by atoms with Gasteiger partial charge in [-0.1, -0.05) is 12.1 Å². The number of piperazine rings is 1. The minimum Gasteiger partial charge on any atom is -0.491 e. The maximum absolute atomic E-state index is 11.7. The van der Waals surface area contributed by atoms with Crippen molar-refractivity contribution in [2.45, 2.75) is 26.9 Å². The number of halogens is 1. The average Bonchev–Trinajstić information content (AvgIpc) is 2.57. The van der Waals surface area contributed by atoms with E-state index in [-0.39, 0.29) is 25.1 Å². The van der Waals surface area contributed by atoms with Gasteiger partial charge in [0, 0.05) is 32.7 Å². The van der Waals surface area contributed by atoms with Gasteiger partial charge in [-0.15, -0.1) is 12.4 Å². The van der Waals surface area contributed by atoms with Crippen LogP contribution in [0.5, 0.6) is 5.75 Å². The fourth-order valence-electron chi connectivity index (χ4n) is 2.75. The van der Waals surface area contributed by atoms with Crippen LogP contribution in [0.4, 0.5) is 4.79 Å². The van der Waals surface area contributed by atoms with Crippen molar-refractivity contribution in [2.75, 3.05) is 45.9 Å². The van der Waals surface area contributed by atoms with E-state index < -0.39 is 6.10 Å². The first-order chi connectivity index (χ1) is 11.5. The molecule has 1 unspecified atom stereocenters. The lowest BCUT2D eigenvalue weighted by Gasteiger charge is -2.34. The molecule has 1 fully saturated rings. The molecule has 0 spiro atoms. The number of carbonyl (C=O) groups excluding carboxylic acids is 1. The molecule has 1 aliphatic rings. The molecule has 142 valence electrons. The van der Waals surface area contributed by atoms with Gasteiger partial charge in [-0.2, -0.15) is 0 Å². The van der Waals surface area contributed by atoms with E-state index in [2.05, 4.69) is 4.90 Å². The number of nitrogens with zero attached hydrogens (tertiary/aromatic N) is 2. The van der Waals surface area contributed by atoms with E-state index in [1.165, 1.54) is 5.56 Å². The molecular weight excluding hydrogens is 344 g/mol. The molecule has 0 saturated carbocycles. The molecule has 7 heteroatoms. The molecule has 6 nitrogen and oxygen atoms in total. The van der Waals surface area contributed by atoms with E-state index in [0.29, 0.717) is 26.2 Å². The summed E-state index contributed by atoms with van der Waals surface area (Å²) in [5.41, 5.74) is 2.28. The average molecular weight is 373 g/mol. The van der Waals surface area contributed by atoms with E-state index in [0.717, 1.165) is 24.4 Å². The second-order valence-corrected chi connectivity index (χ2v) is 6.15. The molecule has 0 bridgehead atoms. The summed E-state index contributed by atoms with van der Waals surface area (Å²) in [4.78, 5) is 15.5. The molecule has 0 aliphatic carbocycles. The molecule has 1 heterocycles. The zero-order chi connectivity index (χ0) is 17.5. The third-order valence-corrected chi connectivity index (χ3v) is 4.35. The Bertz CT molecular complexity index is 548. The highest BCUT2D eigenvalue weighted by Gasteiger charge is 2.23. The molecule has 0 aromatic heterocycles. The van der Waals surface area contributed by atoms with Crippen LogP contribution in [0, 0.1) is 13.8 Å². The Morgan fingerprint density at radius 2 is 1.92 bits per heavy atom. The van der Waals surface area contributed by atoms with E-state index in [1.54, 1.807) is 11.8 Å². The highest BCUT2D eigenvalue weighted by molar-refractivity contribution is 5.85. The van der Waals surface area contributed by atoms with Gasteiger partial charge in [-0.3, -0.25) is 4.90 Å². The molecule has 1 aliphatic heterocycles. The highest BCUT2D eigenvalue weighted by Crippen LogP contribution is 2.20. The van der Waals surface area contributed by atoms with Crippen molar-refractivity contribution in [3.05, 3.63) is 29.3 Å². The van der Waals surface area contributed by atoms with E-state index >= 15 is 0 Å². The zero-order valence-corrected chi connectivity index (χ0v) is 16.1. The van der Waals surface area contributed by atoms with Crippen LogP contribution in [0.25, 0.3) is 0 Å². The van der Waals surface area contributed by atoms with Crippen molar-refractivity contribution >= 4 is 18.5 Å². The molecule has 2 rings (SSSR count). The third-order valence-electron chi connectivity index (χ3n) is 4.35. The van der Waals surface area contributed by atoms with E-state index in [4.69, 9.17) is 9.47 Å². The van der Waals surface area contributed by atoms with Crippen molar-refractivity contribution in [2.24, 2.45) is 0 Å². The molecule has 25 heavy (non-hydrogen) atoms. The number of ether oxygens (including phenoxy) is 2. The number of aliphatic hydroxyl groups is 1. The first-order valence-corrected chi connectivity index (χ1v) is 8.52. The van der Waals surface area contributed by atoms with Gasteiger partial charge in [-0.05, 0) is 38.0 Å². The quantitative estimate of drug-likeness (QED) is 0.829. The van der Waals surface area contributed by atoms with Gasteiger partial charge in [0.25, 0.3) is 0 Å².